The Morgan fingerprint density at radius 2 is 2.19 bits per heavy atom. The van der Waals surface area contributed by atoms with E-state index in [1.165, 1.54) is 22.0 Å². The molecular formula is C16H25IN4. The summed E-state index contributed by atoms with van der Waals surface area (Å²) in [5.74, 6) is 0.538. The van der Waals surface area contributed by atoms with Crippen molar-refractivity contribution in [3.63, 3.8) is 0 Å². The van der Waals surface area contributed by atoms with Crippen LogP contribution in [-0.2, 0) is 6.42 Å². The highest BCUT2D eigenvalue weighted by Crippen LogP contribution is 2.22. The Kier molecular flexibility index (Phi) is 7.01. The van der Waals surface area contributed by atoms with Gasteiger partial charge in [-0.1, -0.05) is 19.1 Å². The first-order valence-electron chi connectivity index (χ1n) is 7.23. The number of H-pyrrole nitrogens is 1. The zero-order chi connectivity index (χ0) is 14.5. The highest BCUT2D eigenvalue weighted by atomic mass is 127. The molecule has 1 aromatic heterocycles. The molecule has 0 bridgehead atoms. The van der Waals surface area contributed by atoms with Crippen molar-refractivity contribution in [2.45, 2.75) is 39.7 Å². The molecule has 0 spiro atoms. The molecule has 0 amide bonds. The third-order valence-electron chi connectivity index (χ3n) is 3.67. The largest absolute Gasteiger partial charge is 0.370 e. The maximum atomic E-state index is 5.86. The first kappa shape index (κ1) is 17.8. The first-order chi connectivity index (χ1) is 9.61. The average molecular weight is 400 g/mol. The van der Waals surface area contributed by atoms with Gasteiger partial charge in [0.15, 0.2) is 5.96 Å². The van der Waals surface area contributed by atoms with Gasteiger partial charge in [0.05, 0.1) is 0 Å². The van der Waals surface area contributed by atoms with Crippen molar-refractivity contribution in [2.75, 3.05) is 6.54 Å². The zero-order valence-electron chi connectivity index (χ0n) is 12.9. The second kappa shape index (κ2) is 8.26. The predicted molar refractivity (Wildman–Crippen MR) is 102 cm³/mol. The van der Waals surface area contributed by atoms with Crippen LogP contribution in [0, 0.1) is 6.92 Å². The summed E-state index contributed by atoms with van der Waals surface area (Å²) in [6.07, 6.45) is 4.01. The van der Waals surface area contributed by atoms with Crippen LogP contribution in [0.15, 0.2) is 29.4 Å². The number of nitrogens with zero attached hydrogens (tertiary/aromatic N) is 1. The van der Waals surface area contributed by atoms with Gasteiger partial charge in [-0.2, -0.15) is 0 Å². The van der Waals surface area contributed by atoms with Crippen molar-refractivity contribution in [1.82, 2.24) is 10.3 Å². The standard InChI is InChI=1S/C16H24N4.HI/c1-4-12(3)20-16(17)18-9-8-13-10-19-14-7-5-6-11(2)15(13)14;/h5-7,10,12,19H,4,8-9H2,1-3H3,(H3,17,18,20);1H. The van der Waals surface area contributed by atoms with Gasteiger partial charge >= 0.3 is 0 Å². The van der Waals surface area contributed by atoms with Crippen molar-refractivity contribution < 1.29 is 0 Å². The van der Waals surface area contributed by atoms with E-state index in [0.717, 1.165) is 12.8 Å². The van der Waals surface area contributed by atoms with Crippen molar-refractivity contribution in [3.8, 4) is 0 Å². The van der Waals surface area contributed by atoms with Gasteiger partial charge in [0.2, 0.25) is 0 Å². The van der Waals surface area contributed by atoms with Gasteiger partial charge in [0, 0.05) is 29.7 Å². The number of aryl methyl sites for hydroxylation is 1. The molecule has 1 unspecified atom stereocenters. The van der Waals surface area contributed by atoms with Crippen molar-refractivity contribution in [2.24, 2.45) is 10.7 Å². The van der Waals surface area contributed by atoms with Crippen LogP contribution in [0.25, 0.3) is 10.9 Å². The minimum Gasteiger partial charge on any atom is -0.370 e. The number of aromatic nitrogens is 1. The molecule has 4 N–H and O–H groups in total. The average Bonchev–Trinajstić information content (AvgIpc) is 2.83. The lowest BCUT2D eigenvalue weighted by Crippen LogP contribution is -2.38. The van der Waals surface area contributed by atoms with Crippen LogP contribution >= 0.6 is 24.0 Å². The highest BCUT2D eigenvalue weighted by molar-refractivity contribution is 14.0. The van der Waals surface area contributed by atoms with Crippen molar-refractivity contribution >= 4 is 40.8 Å². The van der Waals surface area contributed by atoms with Gasteiger partial charge in [-0.25, -0.2) is 0 Å². The predicted octanol–water partition coefficient (Wildman–Crippen LogP) is 3.34. The van der Waals surface area contributed by atoms with Crippen LogP contribution < -0.4 is 11.1 Å². The number of nitrogens with two attached hydrogens (primary N) is 1. The van der Waals surface area contributed by atoms with E-state index in [0.29, 0.717) is 18.5 Å². The topological polar surface area (TPSA) is 66.2 Å². The smallest absolute Gasteiger partial charge is 0.188 e. The molecule has 21 heavy (non-hydrogen) atoms. The summed E-state index contributed by atoms with van der Waals surface area (Å²) in [6.45, 7) is 7.07. The number of nitrogens with one attached hydrogen (secondary N) is 2. The maximum absolute atomic E-state index is 5.86. The number of hydrogen-bond donors (Lipinski definition) is 3. The van der Waals surface area contributed by atoms with E-state index in [2.05, 4.69) is 60.5 Å². The Bertz CT molecular complexity index is 603. The van der Waals surface area contributed by atoms with E-state index in [4.69, 9.17) is 5.73 Å². The molecule has 0 saturated carbocycles. The normalized spacial score (nSPS) is 13.0. The van der Waals surface area contributed by atoms with Crippen LogP contribution in [0.5, 0.6) is 0 Å². The van der Waals surface area contributed by atoms with Gasteiger partial charge in [-0.15, -0.1) is 24.0 Å². The molecule has 1 atom stereocenters. The lowest BCUT2D eigenvalue weighted by atomic mass is 10.1. The molecule has 0 fully saturated rings. The van der Waals surface area contributed by atoms with Crippen LogP contribution in [0.3, 0.4) is 0 Å². The van der Waals surface area contributed by atoms with Gasteiger partial charge in [-0.05, 0) is 43.9 Å². The molecule has 1 heterocycles. The van der Waals surface area contributed by atoms with Crippen LogP contribution in [0.2, 0.25) is 0 Å². The van der Waals surface area contributed by atoms with Gasteiger partial charge in [0.1, 0.15) is 0 Å². The number of hydrogen-bond acceptors (Lipinski definition) is 1. The van der Waals surface area contributed by atoms with E-state index in [1.54, 1.807) is 0 Å². The molecule has 0 aliphatic carbocycles. The number of fused-ring (bicyclic) bond motifs is 1. The van der Waals surface area contributed by atoms with Crippen LogP contribution in [0.4, 0.5) is 0 Å². The summed E-state index contributed by atoms with van der Waals surface area (Å²) >= 11 is 0. The molecule has 0 aliphatic rings. The second-order valence-corrected chi connectivity index (χ2v) is 5.28. The second-order valence-electron chi connectivity index (χ2n) is 5.28. The minimum absolute atomic E-state index is 0. The van der Waals surface area contributed by atoms with E-state index in [1.807, 2.05) is 0 Å². The molecule has 0 aliphatic heterocycles. The van der Waals surface area contributed by atoms with Gasteiger partial charge in [-0.3, -0.25) is 4.99 Å². The summed E-state index contributed by atoms with van der Waals surface area (Å²) in [5, 5.41) is 4.49. The summed E-state index contributed by atoms with van der Waals surface area (Å²) in [5.41, 5.74) is 9.66. The molecule has 0 saturated heterocycles. The number of halogens is 1. The zero-order valence-corrected chi connectivity index (χ0v) is 15.3. The Morgan fingerprint density at radius 3 is 2.90 bits per heavy atom. The third-order valence-corrected chi connectivity index (χ3v) is 3.67. The fourth-order valence-corrected chi connectivity index (χ4v) is 2.35. The fourth-order valence-electron chi connectivity index (χ4n) is 2.35. The molecule has 2 aromatic rings. The number of rotatable bonds is 5. The summed E-state index contributed by atoms with van der Waals surface area (Å²) in [4.78, 5) is 7.71. The lowest BCUT2D eigenvalue weighted by Gasteiger charge is -2.11. The molecule has 116 valence electrons. The number of aromatic amines is 1. The first-order valence-corrected chi connectivity index (χ1v) is 7.23. The number of aliphatic imine (C=N–C) groups is 1. The Balaban J connectivity index is 0.00000220. The van der Waals surface area contributed by atoms with Gasteiger partial charge in [0.25, 0.3) is 0 Å². The van der Waals surface area contributed by atoms with E-state index in [-0.39, 0.29) is 24.0 Å². The Labute approximate surface area is 143 Å². The fraction of sp³-hybridized carbons (Fsp3) is 0.438. The SMILES string of the molecule is CCC(C)NC(N)=NCCc1c[nH]c2cccc(C)c12.I. The van der Waals surface area contributed by atoms with Crippen molar-refractivity contribution in [1.29, 1.82) is 0 Å². The summed E-state index contributed by atoms with van der Waals surface area (Å²) in [6, 6.07) is 6.69. The quantitative estimate of drug-likeness (QED) is 0.410. The summed E-state index contributed by atoms with van der Waals surface area (Å²) < 4.78 is 0. The molecule has 1 aromatic carbocycles. The molecule has 4 nitrogen and oxygen atoms in total. The number of guanidine groups is 1. The van der Waals surface area contributed by atoms with E-state index < -0.39 is 0 Å². The van der Waals surface area contributed by atoms with E-state index in [9.17, 15) is 0 Å². The monoisotopic (exact) mass is 400 g/mol. The number of benzene rings is 1. The molecule has 2 rings (SSSR count). The molecular weight excluding hydrogens is 375 g/mol. The maximum Gasteiger partial charge on any atom is 0.188 e. The van der Waals surface area contributed by atoms with Gasteiger partial charge < -0.3 is 16.0 Å². The minimum atomic E-state index is 0. The van der Waals surface area contributed by atoms with E-state index >= 15 is 0 Å². The highest BCUT2D eigenvalue weighted by Gasteiger charge is 2.05. The van der Waals surface area contributed by atoms with Crippen molar-refractivity contribution in [3.05, 3.63) is 35.5 Å². The van der Waals surface area contributed by atoms with Crippen LogP contribution in [0.1, 0.15) is 31.4 Å². The summed E-state index contributed by atoms with van der Waals surface area (Å²) in [7, 11) is 0. The third kappa shape index (κ3) is 4.62. The van der Waals surface area contributed by atoms with Crippen LogP contribution in [-0.4, -0.2) is 23.5 Å². The molecule has 0 radical (unpaired) electrons. The molecule has 5 heteroatoms. The lowest BCUT2D eigenvalue weighted by molar-refractivity contribution is 0.636. The Morgan fingerprint density at radius 1 is 1.43 bits per heavy atom. The Hall–Kier alpha value is -1.24.